The van der Waals surface area contributed by atoms with Gasteiger partial charge in [0, 0.05) is 15.7 Å². The van der Waals surface area contributed by atoms with Crippen molar-refractivity contribution < 1.29 is 13.6 Å². The first-order valence-electron chi connectivity index (χ1n) is 5.95. The molecule has 0 unspecified atom stereocenters. The van der Waals surface area contributed by atoms with E-state index in [-0.39, 0.29) is 12.0 Å². The Hall–Kier alpha value is -1.75. The number of carbonyl (C=O) groups is 1. The van der Waals surface area contributed by atoms with Crippen LogP contribution in [0, 0.1) is 18.6 Å². The molecule has 0 spiro atoms. The van der Waals surface area contributed by atoms with Crippen molar-refractivity contribution in [3.63, 3.8) is 0 Å². The molecule has 0 heterocycles. The zero-order valence-electron chi connectivity index (χ0n) is 10.7. The smallest absolute Gasteiger partial charge is 0.229 e. The van der Waals surface area contributed by atoms with Crippen LogP contribution in [0.2, 0.25) is 0 Å². The minimum absolute atomic E-state index is 0.225. The molecule has 0 bridgehead atoms. The van der Waals surface area contributed by atoms with Crippen LogP contribution in [0.15, 0.2) is 40.9 Å². The number of benzene rings is 2. The second-order valence-electron chi connectivity index (χ2n) is 4.44. The molecular formula is C15H12BrF2NO. The molecule has 0 aliphatic carbocycles. The van der Waals surface area contributed by atoms with Crippen molar-refractivity contribution in [2.45, 2.75) is 13.3 Å². The van der Waals surface area contributed by atoms with E-state index in [4.69, 9.17) is 0 Å². The lowest BCUT2D eigenvalue weighted by molar-refractivity contribution is -0.115. The highest BCUT2D eigenvalue weighted by Crippen LogP contribution is 2.20. The molecule has 1 N–H and O–H groups in total. The highest BCUT2D eigenvalue weighted by Gasteiger charge is 2.13. The Morgan fingerprint density at radius 3 is 2.45 bits per heavy atom. The summed E-state index contributed by atoms with van der Waals surface area (Å²) in [6, 6.07) is 8.93. The Morgan fingerprint density at radius 1 is 1.20 bits per heavy atom. The van der Waals surface area contributed by atoms with Crippen LogP contribution in [0.4, 0.5) is 14.5 Å². The van der Waals surface area contributed by atoms with Crippen LogP contribution in [-0.2, 0) is 11.2 Å². The highest BCUT2D eigenvalue weighted by atomic mass is 79.9. The molecule has 0 aliphatic heterocycles. The Morgan fingerprint density at radius 2 is 1.85 bits per heavy atom. The van der Waals surface area contributed by atoms with E-state index in [0.29, 0.717) is 5.69 Å². The zero-order chi connectivity index (χ0) is 14.7. The number of aryl methyl sites for hydroxylation is 1. The number of nitrogens with one attached hydrogen (secondary N) is 1. The van der Waals surface area contributed by atoms with Crippen molar-refractivity contribution in [3.05, 3.63) is 63.6 Å². The van der Waals surface area contributed by atoms with Gasteiger partial charge in [0.1, 0.15) is 11.6 Å². The predicted molar refractivity (Wildman–Crippen MR) is 77.6 cm³/mol. The number of anilines is 1. The first-order chi connectivity index (χ1) is 9.45. The van der Waals surface area contributed by atoms with Crippen molar-refractivity contribution in [1.29, 1.82) is 0 Å². The molecule has 5 heteroatoms. The molecule has 20 heavy (non-hydrogen) atoms. The quantitative estimate of drug-likeness (QED) is 0.891. The summed E-state index contributed by atoms with van der Waals surface area (Å²) in [7, 11) is 0. The van der Waals surface area contributed by atoms with E-state index in [2.05, 4.69) is 21.2 Å². The molecule has 0 radical (unpaired) electrons. The van der Waals surface area contributed by atoms with Crippen molar-refractivity contribution in [2.24, 2.45) is 0 Å². The van der Waals surface area contributed by atoms with Crippen LogP contribution in [0.25, 0.3) is 0 Å². The normalized spacial score (nSPS) is 10.4. The number of rotatable bonds is 3. The molecule has 2 rings (SSSR count). The van der Waals surface area contributed by atoms with Crippen molar-refractivity contribution >= 4 is 27.5 Å². The second kappa shape index (κ2) is 6.13. The summed E-state index contributed by atoms with van der Waals surface area (Å²) >= 11 is 3.32. The van der Waals surface area contributed by atoms with E-state index < -0.39 is 17.5 Å². The lowest BCUT2D eigenvalue weighted by Gasteiger charge is -2.08. The van der Waals surface area contributed by atoms with Gasteiger partial charge < -0.3 is 5.32 Å². The van der Waals surface area contributed by atoms with Gasteiger partial charge in [-0.25, -0.2) is 8.78 Å². The molecule has 2 aromatic carbocycles. The van der Waals surface area contributed by atoms with E-state index in [1.807, 2.05) is 13.0 Å². The first kappa shape index (κ1) is 14.7. The molecule has 2 aromatic rings. The van der Waals surface area contributed by atoms with Gasteiger partial charge in [-0.05, 0) is 42.8 Å². The van der Waals surface area contributed by atoms with Gasteiger partial charge in [-0.2, -0.15) is 0 Å². The third kappa shape index (κ3) is 3.63. The van der Waals surface area contributed by atoms with Gasteiger partial charge in [-0.1, -0.05) is 22.0 Å². The topological polar surface area (TPSA) is 29.1 Å². The van der Waals surface area contributed by atoms with Gasteiger partial charge in [-0.15, -0.1) is 0 Å². The Labute approximate surface area is 123 Å². The van der Waals surface area contributed by atoms with Crippen molar-refractivity contribution in [2.75, 3.05) is 5.32 Å². The van der Waals surface area contributed by atoms with Gasteiger partial charge in [0.15, 0.2) is 0 Å². The Balaban J connectivity index is 2.13. The molecule has 0 fully saturated rings. The number of hydrogen-bond donors (Lipinski definition) is 1. The zero-order valence-corrected chi connectivity index (χ0v) is 12.3. The Bertz CT molecular complexity index is 618. The molecular weight excluding hydrogens is 328 g/mol. The van der Waals surface area contributed by atoms with Crippen molar-refractivity contribution in [1.82, 2.24) is 0 Å². The maximum atomic E-state index is 13.5. The summed E-state index contributed by atoms with van der Waals surface area (Å²) in [6.45, 7) is 1.89. The summed E-state index contributed by atoms with van der Waals surface area (Å²) in [5.74, 6) is -1.90. The van der Waals surface area contributed by atoms with E-state index in [9.17, 15) is 13.6 Å². The van der Waals surface area contributed by atoms with Crippen LogP contribution in [0.5, 0.6) is 0 Å². The SMILES string of the molecule is Cc1cc(Br)cc(NC(=O)Cc2c(F)cccc2F)c1. The van der Waals surface area contributed by atoms with Gasteiger partial charge in [0.2, 0.25) is 5.91 Å². The maximum absolute atomic E-state index is 13.5. The largest absolute Gasteiger partial charge is 0.326 e. The summed E-state index contributed by atoms with van der Waals surface area (Å²) < 4.78 is 27.7. The summed E-state index contributed by atoms with van der Waals surface area (Å²) in [5.41, 5.74) is 1.32. The average molecular weight is 340 g/mol. The molecule has 2 nitrogen and oxygen atoms in total. The van der Waals surface area contributed by atoms with E-state index in [1.54, 1.807) is 12.1 Å². The van der Waals surface area contributed by atoms with E-state index in [1.165, 1.54) is 6.07 Å². The molecule has 0 atom stereocenters. The average Bonchev–Trinajstić information content (AvgIpc) is 2.32. The lowest BCUT2D eigenvalue weighted by atomic mass is 10.1. The number of hydrogen-bond acceptors (Lipinski definition) is 1. The van der Waals surface area contributed by atoms with Gasteiger partial charge >= 0.3 is 0 Å². The monoisotopic (exact) mass is 339 g/mol. The third-order valence-electron chi connectivity index (χ3n) is 2.72. The minimum Gasteiger partial charge on any atom is -0.326 e. The highest BCUT2D eigenvalue weighted by molar-refractivity contribution is 9.10. The van der Waals surface area contributed by atoms with Crippen LogP contribution in [-0.4, -0.2) is 5.91 Å². The van der Waals surface area contributed by atoms with E-state index >= 15 is 0 Å². The summed E-state index contributed by atoms with van der Waals surface area (Å²) in [5, 5.41) is 2.62. The van der Waals surface area contributed by atoms with Crippen LogP contribution < -0.4 is 5.32 Å². The fraction of sp³-hybridized carbons (Fsp3) is 0.133. The summed E-state index contributed by atoms with van der Waals surface area (Å²) in [6.07, 6.45) is -0.343. The molecule has 0 aromatic heterocycles. The minimum atomic E-state index is -0.717. The van der Waals surface area contributed by atoms with Crippen LogP contribution >= 0.6 is 15.9 Å². The molecule has 104 valence electrons. The maximum Gasteiger partial charge on any atom is 0.229 e. The van der Waals surface area contributed by atoms with Crippen LogP contribution in [0.1, 0.15) is 11.1 Å². The van der Waals surface area contributed by atoms with Gasteiger partial charge in [-0.3, -0.25) is 4.79 Å². The van der Waals surface area contributed by atoms with Gasteiger partial charge in [0.25, 0.3) is 0 Å². The van der Waals surface area contributed by atoms with Crippen molar-refractivity contribution in [3.8, 4) is 0 Å². The molecule has 0 saturated carbocycles. The summed E-state index contributed by atoms with van der Waals surface area (Å²) in [4.78, 5) is 11.8. The molecule has 0 saturated heterocycles. The Kier molecular flexibility index (Phi) is 4.49. The first-order valence-corrected chi connectivity index (χ1v) is 6.75. The fourth-order valence-electron chi connectivity index (χ4n) is 1.88. The van der Waals surface area contributed by atoms with Gasteiger partial charge in [0.05, 0.1) is 6.42 Å². The van der Waals surface area contributed by atoms with E-state index in [0.717, 1.165) is 22.2 Å². The second-order valence-corrected chi connectivity index (χ2v) is 5.36. The number of amides is 1. The fourth-order valence-corrected chi connectivity index (χ4v) is 2.48. The lowest BCUT2D eigenvalue weighted by Crippen LogP contribution is -2.16. The number of carbonyl (C=O) groups excluding carboxylic acids is 1. The molecule has 1 amide bonds. The van der Waals surface area contributed by atoms with Crippen LogP contribution in [0.3, 0.4) is 0 Å². The predicted octanol–water partition coefficient (Wildman–Crippen LogP) is 4.22. The standard InChI is InChI=1S/C15H12BrF2NO/c1-9-5-10(16)7-11(6-9)19-15(20)8-12-13(17)3-2-4-14(12)18/h2-7H,8H2,1H3,(H,19,20). The number of halogens is 3. The molecule has 0 aliphatic rings. The third-order valence-corrected chi connectivity index (χ3v) is 3.18.